The van der Waals surface area contributed by atoms with Crippen molar-refractivity contribution in [3.8, 4) is 0 Å². The fourth-order valence-corrected chi connectivity index (χ4v) is 5.40. The molecule has 0 atom stereocenters. The van der Waals surface area contributed by atoms with E-state index in [1.807, 2.05) is 12.1 Å². The smallest absolute Gasteiger partial charge is 0.400 e. The molecular weight excluding hydrogens is 503 g/mol. The van der Waals surface area contributed by atoms with Crippen molar-refractivity contribution in [3.05, 3.63) is 35.4 Å². The van der Waals surface area contributed by atoms with Gasteiger partial charge in [0, 0.05) is 12.1 Å². The van der Waals surface area contributed by atoms with Gasteiger partial charge >= 0.3 is 13.7 Å². The summed E-state index contributed by atoms with van der Waals surface area (Å²) in [4.78, 5) is 29.8. The van der Waals surface area contributed by atoms with Gasteiger partial charge in [-0.05, 0) is 25.0 Å². The van der Waals surface area contributed by atoms with Crippen LogP contribution in [0.2, 0.25) is 0 Å². The predicted octanol–water partition coefficient (Wildman–Crippen LogP) is 5.96. The van der Waals surface area contributed by atoms with Gasteiger partial charge in [-0.25, -0.2) is 14.4 Å². The Bertz CT molecular complexity index is 808. The third kappa shape index (κ3) is 16.0. The quantitative estimate of drug-likeness (QED) is 0.0744. The van der Waals surface area contributed by atoms with E-state index in [4.69, 9.17) is 19.3 Å². The number of rotatable bonds is 21. The maximum atomic E-state index is 12.3. The van der Waals surface area contributed by atoms with Crippen LogP contribution in [0.15, 0.2) is 24.3 Å². The number of ether oxygens (including phenoxy) is 2. The minimum Gasteiger partial charge on any atom is -0.462 e. The molecule has 0 spiro atoms. The van der Waals surface area contributed by atoms with Crippen LogP contribution in [0.25, 0.3) is 0 Å². The Kier molecular flexibility index (Phi) is 16.4. The van der Waals surface area contributed by atoms with Gasteiger partial charge in [-0.15, -0.1) is 0 Å². The number of unbranched alkanes of at least 4 members (excludes halogenated alkanes) is 13. The monoisotopic (exact) mass is 555 g/mol. The molecule has 0 aliphatic carbocycles. The van der Waals surface area contributed by atoms with Gasteiger partial charge in [0.1, 0.15) is 19.6 Å². The molecule has 1 aliphatic rings. The number of quaternary nitrogens is 1. The SMILES string of the molecule is C[N+]1(Cc2ccc(C(=O)OCCCCCCCCCCCCCCCCNP(=O)(O)O)cc2)CCOCC1. The van der Waals surface area contributed by atoms with Crippen LogP contribution in [-0.4, -0.2) is 66.7 Å². The third-order valence-electron chi connectivity index (χ3n) is 7.43. The molecule has 0 unspecified atom stereocenters. The van der Waals surface area contributed by atoms with E-state index in [0.29, 0.717) is 18.7 Å². The highest BCUT2D eigenvalue weighted by Gasteiger charge is 2.25. The zero-order chi connectivity index (χ0) is 27.5. The Morgan fingerprint density at radius 3 is 1.82 bits per heavy atom. The minimum absolute atomic E-state index is 0.222. The van der Waals surface area contributed by atoms with Gasteiger partial charge in [-0.1, -0.05) is 89.2 Å². The molecule has 1 aromatic carbocycles. The Morgan fingerprint density at radius 1 is 0.842 bits per heavy atom. The highest BCUT2D eigenvalue weighted by molar-refractivity contribution is 7.49. The summed E-state index contributed by atoms with van der Waals surface area (Å²) in [6.07, 6.45) is 16.4. The number of nitrogens with zero attached hydrogens (tertiary/aromatic N) is 1. The van der Waals surface area contributed by atoms with Gasteiger partial charge in [0.05, 0.1) is 32.4 Å². The average molecular weight is 556 g/mol. The summed E-state index contributed by atoms with van der Waals surface area (Å²) in [6.45, 7) is 5.53. The Balaban J connectivity index is 1.36. The van der Waals surface area contributed by atoms with Crippen molar-refractivity contribution in [1.29, 1.82) is 0 Å². The number of hydrogen-bond acceptors (Lipinski definition) is 4. The molecule has 0 bridgehead atoms. The summed E-state index contributed by atoms with van der Waals surface area (Å²) in [5.74, 6) is -0.222. The normalized spacial score (nSPS) is 15.4. The fourth-order valence-electron chi connectivity index (χ4n) is 4.95. The van der Waals surface area contributed by atoms with Gasteiger partial charge in [0.2, 0.25) is 0 Å². The summed E-state index contributed by atoms with van der Waals surface area (Å²) < 4.78 is 22.6. The number of hydrogen-bond donors (Lipinski definition) is 3. The van der Waals surface area contributed by atoms with Crippen LogP contribution in [0.5, 0.6) is 0 Å². The first kappa shape index (κ1) is 32.9. The minimum atomic E-state index is -4.05. The van der Waals surface area contributed by atoms with Crippen LogP contribution < -0.4 is 5.09 Å². The molecule has 2 rings (SSSR count). The van der Waals surface area contributed by atoms with Crippen LogP contribution >= 0.6 is 7.75 Å². The molecule has 0 radical (unpaired) electrons. The van der Waals surface area contributed by atoms with Crippen molar-refractivity contribution in [1.82, 2.24) is 5.09 Å². The van der Waals surface area contributed by atoms with E-state index in [0.717, 1.165) is 69.4 Å². The maximum absolute atomic E-state index is 12.3. The van der Waals surface area contributed by atoms with E-state index < -0.39 is 7.75 Å². The predicted molar refractivity (Wildman–Crippen MR) is 152 cm³/mol. The zero-order valence-electron chi connectivity index (χ0n) is 23.6. The molecule has 38 heavy (non-hydrogen) atoms. The van der Waals surface area contributed by atoms with E-state index in [2.05, 4.69) is 24.3 Å². The third-order valence-corrected chi connectivity index (χ3v) is 8.06. The second-order valence-corrected chi connectivity index (χ2v) is 12.5. The zero-order valence-corrected chi connectivity index (χ0v) is 24.5. The van der Waals surface area contributed by atoms with Gasteiger partial charge in [-0.2, -0.15) is 0 Å². The summed E-state index contributed by atoms with van der Waals surface area (Å²) in [5, 5.41) is 2.24. The Labute approximate surface area is 230 Å². The number of carbonyl (C=O) groups is 1. The van der Waals surface area contributed by atoms with Gasteiger partial charge in [-0.3, -0.25) is 0 Å². The van der Waals surface area contributed by atoms with Gasteiger partial charge in [0.15, 0.2) is 0 Å². The lowest BCUT2D eigenvalue weighted by atomic mass is 10.0. The number of esters is 1. The summed E-state index contributed by atoms with van der Waals surface area (Å²) in [5.41, 5.74) is 1.88. The first-order chi connectivity index (χ1) is 18.3. The van der Waals surface area contributed by atoms with Crippen molar-refractivity contribution in [2.45, 2.75) is 96.4 Å². The lowest BCUT2D eigenvalue weighted by molar-refractivity contribution is -0.929. The number of carbonyl (C=O) groups excluding carboxylic acids is 1. The molecule has 0 saturated carbocycles. The number of morpholine rings is 1. The number of nitrogens with one attached hydrogen (secondary N) is 1. The van der Waals surface area contributed by atoms with Crippen LogP contribution in [0.4, 0.5) is 0 Å². The summed E-state index contributed by atoms with van der Waals surface area (Å²) in [6, 6.07) is 7.88. The molecule has 1 saturated heterocycles. The molecule has 0 aromatic heterocycles. The molecule has 8 nitrogen and oxygen atoms in total. The number of benzene rings is 1. The van der Waals surface area contributed by atoms with Gasteiger partial charge in [0.25, 0.3) is 0 Å². The molecule has 0 amide bonds. The second kappa shape index (κ2) is 18.9. The van der Waals surface area contributed by atoms with Crippen molar-refractivity contribution in [2.24, 2.45) is 0 Å². The average Bonchev–Trinajstić information content (AvgIpc) is 2.88. The lowest BCUT2D eigenvalue weighted by Gasteiger charge is -2.37. The largest absolute Gasteiger partial charge is 0.462 e. The van der Waals surface area contributed by atoms with Crippen molar-refractivity contribution < 1.29 is 33.1 Å². The van der Waals surface area contributed by atoms with E-state index in [1.54, 1.807) is 0 Å². The standard InChI is InChI=1S/C29H51N2O6P/c1-31(21-24-36-25-22-31)26-27-16-18-28(19-17-27)29(32)37-23-15-13-11-9-7-5-3-2-4-6-8-10-12-14-20-30-38(33,34)35/h16-19H,2-15,20-26H2,1H3,(H2-,30,33,34,35)/p+1. The lowest BCUT2D eigenvalue weighted by Crippen LogP contribution is -2.51. The fraction of sp³-hybridized carbons (Fsp3) is 0.759. The highest BCUT2D eigenvalue weighted by atomic mass is 31.2. The first-order valence-corrected chi connectivity index (χ1v) is 16.4. The van der Waals surface area contributed by atoms with Crippen LogP contribution in [0.1, 0.15) is 106 Å². The Morgan fingerprint density at radius 2 is 1.32 bits per heavy atom. The molecule has 1 fully saturated rings. The van der Waals surface area contributed by atoms with E-state index in [1.165, 1.54) is 63.4 Å². The van der Waals surface area contributed by atoms with E-state index in [9.17, 15) is 9.36 Å². The van der Waals surface area contributed by atoms with E-state index >= 15 is 0 Å². The summed E-state index contributed by atoms with van der Waals surface area (Å²) in [7, 11) is -1.78. The Hall–Kier alpha value is -1.28. The van der Waals surface area contributed by atoms with Crippen molar-refractivity contribution >= 4 is 13.7 Å². The van der Waals surface area contributed by atoms with Crippen LogP contribution in [0, 0.1) is 0 Å². The topological polar surface area (TPSA) is 105 Å². The van der Waals surface area contributed by atoms with E-state index in [-0.39, 0.29) is 5.97 Å². The van der Waals surface area contributed by atoms with Crippen molar-refractivity contribution in [3.63, 3.8) is 0 Å². The van der Waals surface area contributed by atoms with Gasteiger partial charge < -0.3 is 23.7 Å². The maximum Gasteiger partial charge on any atom is 0.400 e. The first-order valence-electron chi connectivity index (χ1n) is 14.8. The van der Waals surface area contributed by atoms with Crippen molar-refractivity contribution in [2.75, 3.05) is 46.5 Å². The molecular formula is C29H52N2O6P+. The molecule has 9 heteroatoms. The molecule has 1 aliphatic heterocycles. The molecule has 1 aromatic rings. The van der Waals surface area contributed by atoms with Crippen LogP contribution in [0.3, 0.4) is 0 Å². The highest BCUT2D eigenvalue weighted by Crippen LogP contribution is 2.27. The van der Waals surface area contributed by atoms with Crippen LogP contribution in [-0.2, 0) is 20.6 Å². The molecule has 3 N–H and O–H groups in total. The number of likely N-dealkylation sites (N-methyl/N-ethyl adjacent to an activating group) is 1. The molecule has 1 heterocycles. The second-order valence-electron chi connectivity index (χ2n) is 11.1. The summed E-state index contributed by atoms with van der Waals surface area (Å²) >= 11 is 0. The molecule has 218 valence electrons.